The van der Waals surface area contributed by atoms with Gasteiger partial charge in [0.05, 0.1) is 54.1 Å². The molecule has 0 saturated carbocycles. The molecule has 0 aliphatic carbocycles. The Morgan fingerprint density at radius 1 is 0.459 bits per heavy atom. The van der Waals surface area contributed by atoms with Crippen LogP contribution in [0.1, 0.15) is 59.4 Å². The molecule has 15 aromatic rings. The number of ketones is 3. The number of thiazole rings is 1. The van der Waals surface area contributed by atoms with Crippen LogP contribution in [-0.2, 0) is 46.6 Å². The molecule has 12 heterocycles. The second-order valence-corrected chi connectivity index (χ2v) is 23.1. The molecule has 0 N–H and O–H groups in total. The van der Waals surface area contributed by atoms with Crippen LogP contribution in [0, 0.1) is 30.2 Å². The predicted octanol–water partition coefficient (Wildman–Crippen LogP) is 12.8. The van der Waals surface area contributed by atoms with E-state index in [1.807, 2.05) is 110 Å². The molecule has 0 atom stereocenters. The molecule has 3 aromatic carbocycles. The van der Waals surface area contributed by atoms with Crippen LogP contribution in [0.25, 0.3) is 84.2 Å². The lowest BCUT2D eigenvalue weighted by atomic mass is 10.0. The first-order chi connectivity index (χ1) is 47.2. The van der Waals surface area contributed by atoms with E-state index in [2.05, 4.69) is 60.5 Å². The SMILES string of the molecule is Cc1ccnc(-c2cnn(C)c2C(=O)Cc2cc3nc(-c4ccccc4)nn3cc2F)c1.Cn1ncc(-c2cc(F)ccn2)c1C(=O)Cc1cc2nc(-c3ccccc3)nn2cc1F.Cn1ncc(-c2nc(C(F)(F)F)cs2)c1C(=O)Cc1cc2nc(-c3ccccc3)nn2cc1F. The molecule has 0 fully saturated rings. The number of fused-ring (bicyclic) bond motifs is 3. The summed E-state index contributed by atoms with van der Waals surface area (Å²) >= 11 is 0.754. The number of benzene rings is 3. The number of Topliss-reactive ketones (excluding diaryl/α,β-unsaturated/α-hetero) is 3. The van der Waals surface area contributed by atoms with Crippen LogP contribution < -0.4 is 0 Å². The Labute approximate surface area is 553 Å². The van der Waals surface area contributed by atoms with E-state index in [-0.39, 0.29) is 75.2 Å². The van der Waals surface area contributed by atoms with Crippen molar-refractivity contribution in [3.63, 3.8) is 0 Å². The van der Waals surface area contributed by atoms with Gasteiger partial charge in [-0.05, 0) is 48.9 Å². The molecule has 0 bridgehead atoms. The average Bonchev–Trinajstić information content (AvgIpc) is 1.63. The number of aryl methyl sites for hydroxylation is 4. The highest BCUT2D eigenvalue weighted by Gasteiger charge is 2.35. The number of nitrogens with zero attached hydrogens (tertiary/aromatic N) is 18. The lowest BCUT2D eigenvalue weighted by Gasteiger charge is -2.07. The molecule has 488 valence electrons. The fraction of sp³-hybridized carbons (Fsp3) is 0.116. The summed E-state index contributed by atoms with van der Waals surface area (Å²) in [6, 6.07) is 38.7. The fourth-order valence-electron chi connectivity index (χ4n) is 10.7. The van der Waals surface area contributed by atoms with Crippen LogP contribution in [0.15, 0.2) is 188 Å². The van der Waals surface area contributed by atoms with Crippen molar-refractivity contribution in [3.8, 4) is 67.2 Å². The van der Waals surface area contributed by atoms with Crippen LogP contribution in [0.3, 0.4) is 0 Å². The summed E-state index contributed by atoms with van der Waals surface area (Å²) in [6.07, 6.45) is 5.62. The highest BCUT2D eigenvalue weighted by Crippen LogP contribution is 2.36. The van der Waals surface area contributed by atoms with Gasteiger partial charge in [0.2, 0.25) is 0 Å². The molecule has 0 spiro atoms. The van der Waals surface area contributed by atoms with Crippen molar-refractivity contribution in [3.05, 3.63) is 257 Å². The van der Waals surface area contributed by atoms with Gasteiger partial charge in [-0.15, -0.1) is 26.6 Å². The van der Waals surface area contributed by atoms with Crippen molar-refractivity contribution < 1.29 is 45.1 Å². The Morgan fingerprint density at radius 3 is 1.19 bits per heavy atom. The van der Waals surface area contributed by atoms with Gasteiger partial charge >= 0.3 is 6.18 Å². The zero-order valence-electron chi connectivity index (χ0n) is 51.8. The van der Waals surface area contributed by atoms with Crippen LogP contribution in [0.2, 0.25) is 0 Å². The Kier molecular flexibility index (Phi) is 17.6. The Morgan fingerprint density at radius 2 is 0.827 bits per heavy atom. The molecule has 0 amide bonds. The number of halogens is 7. The number of rotatable bonds is 15. The molecule has 12 aromatic heterocycles. The summed E-state index contributed by atoms with van der Waals surface area (Å²) in [5.41, 5.74) is 6.84. The van der Waals surface area contributed by atoms with E-state index in [1.165, 1.54) is 89.9 Å². The number of carbonyl (C=O) groups excluding carboxylic acids is 3. The van der Waals surface area contributed by atoms with Crippen molar-refractivity contribution in [1.29, 1.82) is 0 Å². The third-order valence-corrected chi connectivity index (χ3v) is 16.4. The third kappa shape index (κ3) is 13.5. The molecule has 0 unspecified atom stereocenters. The molecule has 15 rings (SSSR count). The Bertz CT molecular complexity index is 5280. The van der Waals surface area contributed by atoms with Gasteiger partial charge in [-0.25, -0.2) is 51.0 Å². The number of hydrogen-bond acceptors (Lipinski definition) is 16. The zero-order valence-corrected chi connectivity index (χ0v) is 52.7. The molecule has 98 heavy (non-hydrogen) atoms. The minimum atomic E-state index is -4.60. The Balaban J connectivity index is 0.000000132. The molecule has 21 nitrogen and oxygen atoms in total. The maximum atomic E-state index is 14.8. The van der Waals surface area contributed by atoms with Gasteiger partial charge in [-0.1, -0.05) is 91.0 Å². The highest BCUT2D eigenvalue weighted by molar-refractivity contribution is 7.13. The lowest BCUT2D eigenvalue weighted by Crippen LogP contribution is -2.12. The first-order valence-corrected chi connectivity index (χ1v) is 30.6. The molecular weight excluding hydrogens is 1290 g/mol. The quantitative estimate of drug-likeness (QED) is 0.0686. The van der Waals surface area contributed by atoms with Crippen LogP contribution >= 0.6 is 11.3 Å². The average molecular weight is 1340 g/mol. The predicted molar refractivity (Wildman–Crippen MR) is 346 cm³/mol. The summed E-state index contributed by atoms with van der Waals surface area (Å²) in [5.74, 6) is -2.04. The second-order valence-electron chi connectivity index (χ2n) is 22.3. The summed E-state index contributed by atoms with van der Waals surface area (Å²) in [6.45, 7) is 1.95. The summed E-state index contributed by atoms with van der Waals surface area (Å²) in [4.78, 5) is 64.8. The van der Waals surface area contributed by atoms with E-state index in [0.717, 1.165) is 45.2 Å². The Hall–Kier alpha value is -12.4. The van der Waals surface area contributed by atoms with E-state index < -0.39 is 40.9 Å². The number of aromatic nitrogens is 18. The van der Waals surface area contributed by atoms with E-state index in [0.29, 0.717) is 56.9 Å². The van der Waals surface area contributed by atoms with E-state index in [1.54, 1.807) is 32.6 Å². The van der Waals surface area contributed by atoms with Gasteiger partial charge in [-0.2, -0.15) is 28.5 Å². The van der Waals surface area contributed by atoms with Gasteiger partial charge in [0.15, 0.2) is 57.5 Å². The number of pyridine rings is 5. The number of hydrogen-bond donors (Lipinski definition) is 0. The molecule has 29 heteroatoms. The van der Waals surface area contributed by atoms with Crippen LogP contribution in [0.5, 0.6) is 0 Å². The third-order valence-electron chi connectivity index (χ3n) is 15.5. The number of alkyl halides is 3. The summed E-state index contributed by atoms with van der Waals surface area (Å²) in [7, 11) is 4.77. The van der Waals surface area contributed by atoms with E-state index >= 15 is 0 Å². The maximum Gasteiger partial charge on any atom is 0.434 e. The van der Waals surface area contributed by atoms with Crippen LogP contribution in [0.4, 0.5) is 30.7 Å². The zero-order chi connectivity index (χ0) is 68.5. The van der Waals surface area contributed by atoms with Gasteiger partial charge in [-0.3, -0.25) is 38.4 Å². The van der Waals surface area contributed by atoms with Gasteiger partial charge in [0.25, 0.3) is 0 Å². The molecule has 0 aliphatic heterocycles. The lowest BCUT2D eigenvalue weighted by molar-refractivity contribution is -0.140. The van der Waals surface area contributed by atoms with Gasteiger partial charge in [0.1, 0.15) is 45.4 Å². The van der Waals surface area contributed by atoms with Crippen LogP contribution in [-0.4, -0.2) is 105 Å². The smallest absolute Gasteiger partial charge is 0.292 e. The summed E-state index contributed by atoms with van der Waals surface area (Å²) < 4.78 is 105. The molecule has 0 aliphatic rings. The van der Waals surface area contributed by atoms with Crippen molar-refractivity contribution in [1.82, 2.24) is 88.1 Å². The molecule has 0 radical (unpaired) electrons. The molecule has 0 saturated heterocycles. The number of carbonyl (C=O) groups is 3. The summed E-state index contributed by atoms with van der Waals surface area (Å²) in [5, 5.41) is 26.1. The normalized spacial score (nSPS) is 11.5. The minimum Gasteiger partial charge on any atom is -0.292 e. The highest BCUT2D eigenvalue weighted by atomic mass is 32.1. The first kappa shape index (κ1) is 64.3. The standard InChI is InChI=1S/C24H19FN6O.C23H16F2N6O.C22H14F4N6OS/c1-15-8-9-26-20(10-15)18-13-27-30(2)23(18)21(32)11-17-12-22-28-24(16-6-4-3-5-7-16)29-31(22)14-19(17)25;1-30-22(17(12-27-30)19-11-16(24)7-8-26-19)20(32)9-15-10-21-28-23(14-5-3-2-4-6-14)29-31(21)13-18(15)25;1-31-19(14(9-27-31)21-28-17(11-34-21)22(24,25)26)16(33)7-13-8-18-29-20(12-5-3-2-4-6-12)30-32(18)10-15(13)23/h3-10,12-14H,11H2,1-2H3;2-8,10-13H,9H2,1H3;2-6,8-11H,7H2,1H3. The first-order valence-electron chi connectivity index (χ1n) is 29.7. The van der Waals surface area contributed by atoms with Gasteiger partial charge in [0, 0.05) is 109 Å². The topological polar surface area (TPSA) is 234 Å². The van der Waals surface area contributed by atoms with E-state index in [4.69, 9.17) is 0 Å². The maximum absolute atomic E-state index is 14.8. The molecular formula is C69H49F7N18O3S. The second kappa shape index (κ2) is 26.8. The van der Waals surface area contributed by atoms with E-state index in [9.17, 15) is 45.1 Å². The van der Waals surface area contributed by atoms with Gasteiger partial charge < -0.3 is 0 Å². The fourth-order valence-corrected chi connectivity index (χ4v) is 11.6. The van der Waals surface area contributed by atoms with Crippen molar-refractivity contribution in [2.45, 2.75) is 32.4 Å². The van der Waals surface area contributed by atoms with Crippen molar-refractivity contribution in [2.75, 3.05) is 0 Å². The van der Waals surface area contributed by atoms with Crippen molar-refractivity contribution >= 4 is 45.6 Å². The monoisotopic (exact) mass is 1340 g/mol. The van der Waals surface area contributed by atoms with Crippen molar-refractivity contribution in [2.24, 2.45) is 21.1 Å². The largest absolute Gasteiger partial charge is 0.434 e. The minimum absolute atomic E-state index is 0.00431.